The van der Waals surface area contributed by atoms with E-state index in [1.165, 1.54) is 0 Å². The largest absolute Gasteiger partial charge is 0.493 e. The van der Waals surface area contributed by atoms with Gasteiger partial charge in [0.05, 0.1) is 30.4 Å². The van der Waals surface area contributed by atoms with Crippen LogP contribution in [0.3, 0.4) is 0 Å². The Morgan fingerprint density at radius 2 is 2.30 bits per heavy atom. The minimum absolute atomic E-state index is 0.0595. The molecule has 1 fully saturated rings. The molecule has 1 aromatic carbocycles. The molecule has 5 heteroatoms. The smallest absolute Gasteiger partial charge is 0.223 e. The molecule has 2 atom stereocenters. The van der Waals surface area contributed by atoms with Gasteiger partial charge in [-0.15, -0.1) is 0 Å². The highest BCUT2D eigenvalue weighted by molar-refractivity contribution is 5.79. The van der Waals surface area contributed by atoms with Gasteiger partial charge in [0.15, 0.2) is 0 Å². The highest BCUT2D eigenvalue weighted by atomic mass is 16.5. The normalized spacial score (nSPS) is 25.6. The number of fused-ring (bicyclic) bond motifs is 1. The van der Waals surface area contributed by atoms with E-state index in [1.807, 2.05) is 0 Å². The Balaban J connectivity index is 2.07. The van der Waals surface area contributed by atoms with Crippen LogP contribution in [0.2, 0.25) is 0 Å². The highest BCUT2D eigenvalue weighted by Gasteiger charge is 2.37. The zero-order valence-electron chi connectivity index (χ0n) is 11.1. The highest BCUT2D eigenvalue weighted by Crippen LogP contribution is 2.38. The van der Waals surface area contributed by atoms with Crippen LogP contribution in [0.4, 0.5) is 0 Å². The third kappa shape index (κ3) is 2.12. The average molecular weight is 272 g/mol. The van der Waals surface area contributed by atoms with Gasteiger partial charge in [0.25, 0.3) is 0 Å². The summed E-state index contributed by atoms with van der Waals surface area (Å²) in [7, 11) is 0. The quantitative estimate of drug-likeness (QED) is 0.838. The van der Waals surface area contributed by atoms with E-state index in [9.17, 15) is 9.90 Å². The molecule has 0 bridgehead atoms. The first-order valence-corrected chi connectivity index (χ1v) is 6.85. The fourth-order valence-corrected chi connectivity index (χ4v) is 2.97. The first-order chi connectivity index (χ1) is 9.70. The number of rotatable bonds is 1. The van der Waals surface area contributed by atoms with E-state index in [0.717, 1.165) is 12.0 Å². The Morgan fingerprint density at radius 1 is 1.45 bits per heavy atom. The van der Waals surface area contributed by atoms with Crippen molar-refractivity contribution in [3.63, 3.8) is 0 Å². The van der Waals surface area contributed by atoms with E-state index < -0.39 is 12.1 Å². The summed E-state index contributed by atoms with van der Waals surface area (Å²) in [5, 5.41) is 19.4. The second kappa shape index (κ2) is 5.14. The van der Waals surface area contributed by atoms with Gasteiger partial charge in [0.2, 0.25) is 5.91 Å². The number of ether oxygens (including phenoxy) is 1. The molecule has 1 saturated heterocycles. The van der Waals surface area contributed by atoms with Crippen LogP contribution in [0.25, 0.3) is 0 Å². The molecule has 2 aliphatic heterocycles. The number of benzene rings is 1. The maximum Gasteiger partial charge on any atom is 0.223 e. The van der Waals surface area contributed by atoms with Crippen molar-refractivity contribution in [3.8, 4) is 11.8 Å². The molecule has 20 heavy (non-hydrogen) atoms. The van der Waals surface area contributed by atoms with Gasteiger partial charge in [0, 0.05) is 24.9 Å². The number of aliphatic hydroxyl groups is 1. The molecule has 1 aromatic rings. The van der Waals surface area contributed by atoms with Gasteiger partial charge in [-0.25, -0.2) is 0 Å². The van der Waals surface area contributed by atoms with E-state index in [1.54, 1.807) is 23.1 Å². The molecule has 5 nitrogen and oxygen atoms in total. The maximum absolute atomic E-state index is 12.0. The fraction of sp³-hybridized carbons (Fsp3) is 0.467. The average Bonchev–Trinajstić information content (AvgIpc) is 2.79. The molecule has 0 aliphatic carbocycles. The van der Waals surface area contributed by atoms with E-state index in [2.05, 4.69) is 6.07 Å². The minimum Gasteiger partial charge on any atom is -0.493 e. The van der Waals surface area contributed by atoms with Crippen LogP contribution in [0.1, 0.15) is 36.4 Å². The fourth-order valence-electron chi connectivity index (χ4n) is 2.97. The summed E-state index contributed by atoms with van der Waals surface area (Å²) in [6.45, 7) is 1.06. The summed E-state index contributed by atoms with van der Waals surface area (Å²) in [5.74, 6) is 0.717. The molecule has 2 unspecified atom stereocenters. The van der Waals surface area contributed by atoms with Crippen molar-refractivity contribution >= 4 is 5.91 Å². The van der Waals surface area contributed by atoms with Crippen molar-refractivity contribution in [2.75, 3.05) is 13.2 Å². The third-order valence-electron chi connectivity index (χ3n) is 3.94. The number of likely N-dealkylation sites (tertiary alicyclic amines) is 1. The Bertz CT molecular complexity index is 579. The zero-order valence-corrected chi connectivity index (χ0v) is 11.1. The summed E-state index contributed by atoms with van der Waals surface area (Å²) in [6, 6.07) is 6.85. The van der Waals surface area contributed by atoms with Crippen molar-refractivity contribution in [2.45, 2.75) is 31.4 Å². The van der Waals surface area contributed by atoms with Gasteiger partial charge in [-0.05, 0) is 24.6 Å². The number of hydrogen-bond acceptors (Lipinski definition) is 4. The lowest BCUT2D eigenvalue weighted by Crippen LogP contribution is -2.37. The predicted molar refractivity (Wildman–Crippen MR) is 71.0 cm³/mol. The lowest BCUT2D eigenvalue weighted by atomic mass is 9.96. The summed E-state index contributed by atoms with van der Waals surface area (Å²) in [4.78, 5) is 13.7. The summed E-state index contributed by atoms with van der Waals surface area (Å²) in [6.07, 6.45) is 1.16. The van der Waals surface area contributed by atoms with Crippen molar-refractivity contribution in [1.82, 2.24) is 4.90 Å². The number of aliphatic hydroxyl groups excluding tert-OH is 1. The molecule has 2 heterocycles. The van der Waals surface area contributed by atoms with Gasteiger partial charge in [-0.3, -0.25) is 4.79 Å². The summed E-state index contributed by atoms with van der Waals surface area (Å²) >= 11 is 0. The van der Waals surface area contributed by atoms with Gasteiger partial charge in [-0.1, -0.05) is 0 Å². The van der Waals surface area contributed by atoms with E-state index in [0.29, 0.717) is 37.3 Å². The van der Waals surface area contributed by atoms with Crippen LogP contribution in [-0.4, -0.2) is 35.2 Å². The van der Waals surface area contributed by atoms with Gasteiger partial charge in [0.1, 0.15) is 5.75 Å². The molecular formula is C15H16N2O3. The lowest BCUT2D eigenvalue weighted by Gasteiger charge is -2.31. The van der Waals surface area contributed by atoms with Crippen molar-refractivity contribution in [3.05, 3.63) is 29.3 Å². The predicted octanol–water partition coefficient (Wildman–Crippen LogP) is 1.37. The molecule has 1 N–H and O–H groups in total. The molecule has 104 valence electrons. The minimum atomic E-state index is -0.660. The van der Waals surface area contributed by atoms with Crippen molar-refractivity contribution < 1.29 is 14.6 Å². The first kappa shape index (κ1) is 12.9. The third-order valence-corrected chi connectivity index (χ3v) is 3.94. The lowest BCUT2D eigenvalue weighted by molar-refractivity contribution is -0.132. The molecule has 3 rings (SSSR count). The Labute approximate surface area is 117 Å². The Morgan fingerprint density at radius 3 is 3.00 bits per heavy atom. The monoisotopic (exact) mass is 272 g/mol. The second-order valence-corrected chi connectivity index (χ2v) is 5.20. The van der Waals surface area contributed by atoms with E-state index in [4.69, 9.17) is 10.00 Å². The molecule has 0 spiro atoms. The van der Waals surface area contributed by atoms with Crippen LogP contribution in [0, 0.1) is 11.3 Å². The zero-order chi connectivity index (χ0) is 14.1. The number of nitrogens with zero attached hydrogens (tertiary/aromatic N) is 2. The SMILES string of the molecule is N#Cc1ccc2c(c1)C(N1CCCC1=O)C(O)CCO2. The molecule has 0 aromatic heterocycles. The van der Waals surface area contributed by atoms with Crippen LogP contribution in [0.15, 0.2) is 18.2 Å². The Hall–Kier alpha value is -2.06. The van der Waals surface area contributed by atoms with Crippen LogP contribution in [-0.2, 0) is 4.79 Å². The number of nitriles is 1. The van der Waals surface area contributed by atoms with Crippen LogP contribution in [0.5, 0.6) is 5.75 Å². The summed E-state index contributed by atoms with van der Waals surface area (Å²) < 4.78 is 5.64. The van der Waals surface area contributed by atoms with Gasteiger partial charge in [-0.2, -0.15) is 5.26 Å². The number of carbonyl (C=O) groups excluding carboxylic acids is 1. The molecule has 2 aliphatic rings. The van der Waals surface area contributed by atoms with Crippen molar-refractivity contribution in [1.29, 1.82) is 5.26 Å². The van der Waals surface area contributed by atoms with E-state index in [-0.39, 0.29) is 5.91 Å². The first-order valence-electron chi connectivity index (χ1n) is 6.85. The Kier molecular flexibility index (Phi) is 3.33. The van der Waals surface area contributed by atoms with Crippen LogP contribution >= 0.6 is 0 Å². The number of amides is 1. The molecular weight excluding hydrogens is 256 g/mol. The number of carbonyl (C=O) groups is 1. The van der Waals surface area contributed by atoms with E-state index >= 15 is 0 Å². The maximum atomic E-state index is 12.0. The molecule has 0 saturated carbocycles. The summed E-state index contributed by atoms with van der Waals surface area (Å²) in [5.41, 5.74) is 1.25. The standard InChI is InChI=1S/C15H16N2O3/c16-9-10-3-4-13-11(8-10)15(12(18)5-7-20-13)17-6-1-2-14(17)19/h3-4,8,12,15,18H,1-2,5-7H2. The topological polar surface area (TPSA) is 73.6 Å². The van der Waals surface area contributed by atoms with Gasteiger partial charge >= 0.3 is 0 Å². The molecule has 1 amide bonds. The van der Waals surface area contributed by atoms with Crippen molar-refractivity contribution in [2.24, 2.45) is 0 Å². The van der Waals surface area contributed by atoms with Gasteiger partial charge < -0.3 is 14.7 Å². The molecule has 0 radical (unpaired) electrons. The number of hydrogen-bond donors (Lipinski definition) is 1. The second-order valence-electron chi connectivity index (χ2n) is 5.20. The van der Waals surface area contributed by atoms with Crippen LogP contribution < -0.4 is 4.74 Å².